The Kier molecular flexibility index (Phi) is 4.06. The van der Waals surface area contributed by atoms with Crippen LogP contribution in [0.2, 0.25) is 0 Å². The van der Waals surface area contributed by atoms with Crippen LogP contribution < -0.4 is 4.90 Å². The number of hydrogen-bond donors (Lipinski definition) is 0. The third kappa shape index (κ3) is 2.58. The summed E-state index contributed by atoms with van der Waals surface area (Å²) in [5.74, 6) is 2.00. The monoisotopic (exact) mass is 267 g/mol. The lowest BCUT2D eigenvalue weighted by atomic mass is 10.1. The normalized spacial score (nSPS) is 19.9. The molecule has 6 heteroatoms. The number of aryl methyl sites for hydroxylation is 1. The first kappa shape index (κ1) is 13.1. The number of nitro groups is 1. The summed E-state index contributed by atoms with van der Waals surface area (Å²) in [6.45, 7) is 4.98. The van der Waals surface area contributed by atoms with E-state index >= 15 is 0 Å². The molecule has 1 aromatic heterocycles. The lowest BCUT2D eigenvalue weighted by Crippen LogP contribution is -2.40. The first-order valence-electron chi connectivity index (χ1n) is 6.11. The highest BCUT2D eigenvalue weighted by molar-refractivity contribution is 7.99. The molecule has 0 aromatic carbocycles. The molecule has 1 saturated heterocycles. The van der Waals surface area contributed by atoms with Crippen LogP contribution in [0.3, 0.4) is 0 Å². The quantitative estimate of drug-likeness (QED) is 0.622. The summed E-state index contributed by atoms with van der Waals surface area (Å²) in [7, 11) is 0. The Labute approximate surface area is 111 Å². The van der Waals surface area contributed by atoms with Crippen molar-refractivity contribution in [2.24, 2.45) is 0 Å². The number of hydrogen-bond acceptors (Lipinski definition) is 5. The van der Waals surface area contributed by atoms with Gasteiger partial charge in [-0.1, -0.05) is 6.92 Å². The van der Waals surface area contributed by atoms with Crippen LogP contribution in [0.4, 0.5) is 11.5 Å². The Morgan fingerprint density at radius 2 is 2.44 bits per heavy atom. The summed E-state index contributed by atoms with van der Waals surface area (Å²) in [6, 6.07) is 2.23. The molecule has 2 heterocycles. The van der Waals surface area contributed by atoms with Crippen molar-refractivity contribution >= 4 is 23.3 Å². The van der Waals surface area contributed by atoms with E-state index in [9.17, 15) is 10.1 Å². The van der Waals surface area contributed by atoms with Gasteiger partial charge < -0.3 is 15.0 Å². The van der Waals surface area contributed by atoms with Gasteiger partial charge in [-0.05, 0) is 34.9 Å². The second-order valence-corrected chi connectivity index (χ2v) is 5.56. The molecule has 1 aliphatic rings. The van der Waals surface area contributed by atoms with Crippen LogP contribution in [0, 0.1) is 10.1 Å². The number of anilines is 1. The van der Waals surface area contributed by atoms with E-state index in [-0.39, 0.29) is 10.7 Å². The molecule has 1 aromatic rings. The topological polar surface area (TPSA) is 59.3 Å². The Morgan fingerprint density at radius 3 is 3.06 bits per heavy atom. The molecular weight excluding hydrogens is 250 g/mol. The number of pyridine rings is 1. The number of aromatic nitrogens is 1. The fourth-order valence-electron chi connectivity index (χ4n) is 2.12. The fraction of sp³-hybridized carbons (Fsp3) is 0.583. The van der Waals surface area contributed by atoms with Crippen molar-refractivity contribution in [1.82, 2.24) is 4.98 Å². The van der Waals surface area contributed by atoms with Crippen LogP contribution in [0.5, 0.6) is 0 Å². The van der Waals surface area contributed by atoms with Gasteiger partial charge in [-0.15, -0.1) is 0 Å². The SMILES string of the molecule is CCc1cnc([N+](=O)[O-])c(N2CCSCC2C)c1. The molecule has 1 fully saturated rings. The highest BCUT2D eigenvalue weighted by Crippen LogP contribution is 2.31. The summed E-state index contributed by atoms with van der Waals surface area (Å²) < 4.78 is 0. The molecule has 1 aliphatic heterocycles. The van der Waals surface area contributed by atoms with Crippen molar-refractivity contribution < 1.29 is 4.92 Å². The van der Waals surface area contributed by atoms with Gasteiger partial charge in [0.1, 0.15) is 11.9 Å². The van der Waals surface area contributed by atoms with Crippen LogP contribution in [0.1, 0.15) is 19.4 Å². The van der Waals surface area contributed by atoms with Gasteiger partial charge in [0, 0.05) is 24.1 Å². The molecule has 18 heavy (non-hydrogen) atoms. The first-order chi connectivity index (χ1) is 8.63. The van der Waals surface area contributed by atoms with E-state index in [1.807, 2.05) is 24.8 Å². The van der Waals surface area contributed by atoms with Crippen LogP contribution in [-0.4, -0.2) is 34.0 Å². The molecule has 1 atom stereocenters. The molecule has 2 rings (SSSR count). The molecule has 5 nitrogen and oxygen atoms in total. The Hall–Kier alpha value is -1.30. The molecule has 0 amide bonds. The minimum Gasteiger partial charge on any atom is -0.360 e. The zero-order chi connectivity index (χ0) is 13.1. The van der Waals surface area contributed by atoms with Crippen LogP contribution in [0.25, 0.3) is 0 Å². The van der Waals surface area contributed by atoms with Gasteiger partial charge >= 0.3 is 5.82 Å². The van der Waals surface area contributed by atoms with E-state index in [4.69, 9.17) is 0 Å². The van der Waals surface area contributed by atoms with Gasteiger partial charge in [0.2, 0.25) is 0 Å². The van der Waals surface area contributed by atoms with E-state index in [1.54, 1.807) is 6.20 Å². The Morgan fingerprint density at radius 1 is 1.67 bits per heavy atom. The Bertz CT molecular complexity index is 453. The average Bonchev–Trinajstić information content (AvgIpc) is 2.38. The third-order valence-corrected chi connectivity index (χ3v) is 4.35. The van der Waals surface area contributed by atoms with Gasteiger partial charge in [0.25, 0.3) is 0 Å². The minimum atomic E-state index is -0.386. The molecular formula is C12H17N3O2S. The van der Waals surface area contributed by atoms with Crippen molar-refractivity contribution in [2.45, 2.75) is 26.3 Å². The number of rotatable bonds is 3. The molecule has 0 N–H and O–H groups in total. The van der Waals surface area contributed by atoms with Crippen LogP contribution >= 0.6 is 11.8 Å². The molecule has 0 bridgehead atoms. The summed E-state index contributed by atoms with van der Waals surface area (Å²) in [5.41, 5.74) is 1.72. The average molecular weight is 267 g/mol. The standard InChI is InChI=1S/C12H17N3O2S/c1-3-10-6-11(12(13-7-10)15(16)17)14-4-5-18-8-9(14)2/h6-7,9H,3-5,8H2,1-2H3. The van der Waals surface area contributed by atoms with Gasteiger partial charge in [0.05, 0.1) is 0 Å². The summed E-state index contributed by atoms with van der Waals surface area (Å²) in [5, 5.41) is 11.1. The van der Waals surface area contributed by atoms with Gasteiger partial charge in [-0.3, -0.25) is 0 Å². The summed E-state index contributed by atoms with van der Waals surface area (Å²) in [6.07, 6.45) is 2.44. The van der Waals surface area contributed by atoms with Crippen molar-refractivity contribution in [3.8, 4) is 0 Å². The van der Waals surface area contributed by atoms with Gasteiger partial charge in [0.15, 0.2) is 0 Å². The van der Waals surface area contributed by atoms with E-state index in [0.717, 1.165) is 30.0 Å². The molecule has 0 radical (unpaired) electrons. The van der Waals surface area contributed by atoms with Crippen LogP contribution in [-0.2, 0) is 6.42 Å². The maximum absolute atomic E-state index is 11.1. The Balaban J connectivity index is 2.42. The highest BCUT2D eigenvalue weighted by atomic mass is 32.2. The van der Waals surface area contributed by atoms with Crippen LogP contribution in [0.15, 0.2) is 12.3 Å². The summed E-state index contributed by atoms with van der Waals surface area (Å²) in [4.78, 5) is 16.8. The summed E-state index contributed by atoms with van der Waals surface area (Å²) >= 11 is 1.89. The second kappa shape index (κ2) is 5.56. The second-order valence-electron chi connectivity index (χ2n) is 4.41. The molecule has 0 saturated carbocycles. The molecule has 1 unspecified atom stereocenters. The predicted molar refractivity (Wildman–Crippen MR) is 74.4 cm³/mol. The van der Waals surface area contributed by atoms with Crippen molar-refractivity contribution in [2.75, 3.05) is 23.0 Å². The predicted octanol–water partition coefficient (Wildman–Crippen LogP) is 2.49. The fourth-order valence-corrected chi connectivity index (χ4v) is 3.13. The van der Waals surface area contributed by atoms with E-state index in [1.165, 1.54) is 0 Å². The third-order valence-electron chi connectivity index (χ3n) is 3.16. The van der Waals surface area contributed by atoms with Crippen molar-refractivity contribution in [3.05, 3.63) is 27.9 Å². The zero-order valence-electron chi connectivity index (χ0n) is 10.6. The number of thioether (sulfide) groups is 1. The maximum Gasteiger partial charge on any atom is 0.387 e. The van der Waals surface area contributed by atoms with Crippen molar-refractivity contribution in [1.29, 1.82) is 0 Å². The lowest BCUT2D eigenvalue weighted by molar-refractivity contribution is -0.388. The van der Waals surface area contributed by atoms with E-state index < -0.39 is 0 Å². The highest BCUT2D eigenvalue weighted by Gasteiger charge is 2.27. The lowest BCUT2D eigenvalue weighted by Gasteiger charge is -2.34. The zero-order valence-corrected chi connectivity index (χ0v) is 11.4. The van der Waals surface area contributed by atoms with Gasteiger partial charge in [-0.25, -0.2) is 0 Å². The van der Waals surface area contributed by atoms with Crippen molar-refractivity contribution in [3.63, 3.8) is 0 Å². The van der Waals surface area contributed by atoms with E-state index in [0.29, 0.717) is 11.7 Å². The molecule has 0 spiro atoms. The molecule has 0 aliphatic carbocycles. The van der Waals surface area contributed by atoms with E-state index in [2.05, 4.69) is 16.8 Å². The molecule has 98 valence electrons. The largest absolute Gasteiger partial charge is 0.387 e. The minimum absolute atomic E-state index is 0.0223. The number of nitrogens with zero attached hydrogens (tertiary/aromatic N) is 3. The first-order valence-corrected chi connectivity index (χ1v) is 7.26. The maximum atomic E-state index is 11.1. The van der Waals surface area contributed by atoms with Gasteiger partial charge in [-0.2, -0.15) is 11.8 Å². The smallest absolute Gasteiger partial charge is 0.360 e.